The van der Waals surface area contributed by atoms with Crippen molar-refractivity contribution in [2.75, 3.05) is 13.1 Å². The predicted molar refractivity (Wildman–Crippen MR) is 46.5 cm³/mol. The molecule has 1 atom stereocenters. The van der Waals surface area contributed by atoms with E-state index < -0.39 is 5.60 Å². The number of nitriles is 1. The van der Waals surface area contributed by atoms with Crippen LogP contribution in [0, 0.1) is 11.3 Å². The Bertz CT molecular complexity index is 191. The molecule has 3 nitrogen and oxygen atoms in total. The third kappa shape index (κ3) is 1.60. The molecule has 0 bridgehead atoms. The van der Waals surface area contributed by atoms with Gasteiger partial charge < -0.3 is 5.11 Å². The summed E-state index contributed by atoms with van der Waals surface area (Å²) in [4.78, 5) is 2.03. The summed E-state index contributed by atoms with van der Waals surface area (Å²) in [5, 5.41) is 18.4. The van der Waals surface area contributed by atoms with E-state index in [2.05, 4.69) is 6.07 Å². The van der Waals surface area contributed by atoms with E-state index in [0.717, 1.165) is 12.8 Å². The smallest absolute Gasteiger partial charge is 0.0977 e. The summed E-state index contributed by atoms with van der Waals surface area (Å²) >= 11 is 0. The normalized spacial score (nSPS) is 24.2. The topological polar surface area (TPSA) is 47.3 Å². The third-order valence-corrected chi connectivity index (χ3v) is 2.63. The molecule has 1 fully saturated rings. The highest BCUT2D eigenvalue weighted by atomic mass is 16.3. The van der Waals surface area contributed by atoms with E-state index in [1.54, 1.807) is 0 Å². The first-order chi connectivity index (χ1) is 5.65. The summed E-state index contributed by atoms with van der Waals surface area (Å²) in [6.07, 6.45) is 1.63. The van der Waals surface area contributed by atoms with E-state index in [9.17, 15) is 5.11 Å². The molecule has 1 aliphatic rings. The number of nitrogens with zero attached hydrogens (tertiary/aromatic N) is 2. The molecule has 1 heterocycles. The van der Waals surface area contributed by atoms with Crippen molar-refractivity contribution < 1.29 is 5.11 Å². The Balaban J connectivity index is 2.39. The van der Waals surface area contributed by atoms with Gasteiger partial charge in [0.25, 0.3) is 0 Å². The molecule has 1 N–H and O–H groups in total. The molecule has 1 rings (SSSR count). The monoisotopic (exact) mass is 168 g/mol. The van der Waals surface area contributed by atoms with Gasteiger partial charge in [-0.05, 0) is 12.8 Å². The van der Waals surface area contributed by atoms with Gasteiger partial charge in [0.1, 0.15) is 0 Å². The highest BCUT2D eigenvalue weighted by Crippen LogP contribution is 2.26. The molecule has 3 heteroatoms. The van der Waals surface area contributed by atoms with Crippen molar-refractivity contribution in [2.24, 2.45) is 0 Å². The average molecular weight is 168 g/mol. The predicted octanol–water partition coefficient (Wildman–Crippen LogP) is 0.745. The number of hydrogen-bond acceptors (Lipinski definition) is 3. The number of hydrogen-bond donors (Lipinski definition) is 1. The molecule has 1 unspecified atom stereocenters. The summed E-state index contributed by atoms with van der Waals surface area (Å²) in [6.45, 7) is 5.30. The SMILES string of the molecule is CCC(C#N)N1CC(O)(CC)C1. The second-order valence-electron chi connectivity index (χ2n) is 3.54. The summed E-state index contributed by atoms with van der Waals surface area (Å²) in [7, 11) is 0. The van der Waals surface area contributed by atoms with Gasteiger partial charge in [0.2, 0.25) is 0 Å². The quantitative estimate of drug-likeness (QED) is 0.676. The molecule has 0 radical (unpaired) electrons. The van der Waals surface area contributed by atoms with Crippen LogP contribution >= 0.6 is 0 Å². The van der Waals surface area contributed by atoms with Crippen LogP contribution in [0.3, 0.4) is 0 Å². The van der Waals surface area contributed by atoms with E-state index in [0.29, 0.717) is 13.1 Å². The largest absolute Gasteiger partial charge is 0.387 e. The van der Waals surface area contributed by atoms with Crippen LogP contribution in [0.1, 0.15) is 26.7 Å². The number of aliphatic hydroxyl groups is 1. The first-order valence-corrected chi connectivity index (χ1v) is 4.51. The summed E-state index contributed by atoms with van der Waals surface area (Å²) in [5.41, 5.74) is -0.510. The van der Waals surface area contributed by atoms with E-state index in [-0.39, 0.29) is 6.04 Å². The van der Waals surface area contributed by atoms with Crippen LogP contribution < -0.4 is 0 Å². The summed E-state index contributed by atoms with van der Waals surface area (Å²) < 4.78 is 0. The van der Waals surface area contributed by atoms with Gasteiger partial charge in [0.15, 0.2) is 0 Å². The number of likely N-dealkylation sites (tertiary alicyclic amines) is 1. The third-order valence-electron chi connectivity index (χ3n) is 2.63. The maximum Gasteiger partial charge on any atom is 0.0977 e. The molecule has 0 amide bonds. The minimum Gasteiger partial charge on any atom is -0.387 e. The molecule has 0 aliphatic carbocycles. The lowest BCUT2D eigenvalue weighted by atomic mass is 9.89. The summed E-state index contributed by atoms with van der Waals surface area (Å²) in [5.74, 6) is 0. The fourth-order valence-corrected chi connectivity index (χ4v) is 1.58. The lowest BCUT2D eigenvalue weighted by Crippen LogP contribution is -2.63. The van der Waals surface area contributed by atoms with Crippen LogP contribution in [0.5, 0.6) is 0 Å². The molecule has 0 spiro atoms. The fraction of sp³-hybridized carbons (Fsp3) is 0.889. The molecule has 1 saturated heterocycles. The van der Waals surface area contributed by atoms with Crippen LogP contribution in [-0.2, 0) is 0 Å². The lowest BCUT2D eigenvalue weighted by molar-refractivity contribution is -0.109. The van der Waals surface area contributed by atoms with Gasteiger partial charge in [0, 0.05) is 13.1 Å². The Kier molecular flexibility index (Phi) is 2.71. The van der Waals surface area contributed by atoms with Gasteiger partial charge in [-0.1, -0.05) is 13.8 Å². The van der Waals surface area contributed by atoms with E-state index in [4.69, 9.17) is 5.26 Å². The molecule has 1 aliphatic heterocycles. The van der Waals surface area contributed by atoms with Gasteiger partial charge >= 0.3 is 0 Å². The Morgan fingerprint density at radius 1 is 1.58 bits per heavy atom. The molecule has 0 saturated carbocycles. The van der Waals surface area contributed by atoms with Crippen molar-refractivity contribution >= 4 is 0 Å². The maximum absolute atomic E-state index is 9.68. The van der Waals surface area contributed by atoms with Crippen molar-refractivity contribution in [3.8, 4) is 6.07 Å². The minimum atomic E-state index is -0.510. The molecule has 0 aromatic rings. The standard InChI is InChI=1S/C9H16N2O/c1-3-8(5-10)11-6-9(12,4-2)7-11/h8,12H,3-4,6-7H2,1-2H3. The second kappa shape index (κ2) is 3.42. The Morgan fingerprint density at radius 2 is 2.17 bits per heavy atom. The molecule has 0 aromatic heterocycles. The van der Waals surface area contributed by atoms with Crippen molar-refractivity contribution in [1.82, 2.24) is 4.90 Å². The van der Waals surface area contributed by atoms with E-state index >= 15 is 0 Å². The fourth-order valence-electron chi connectivity index (χ4n) is 1.58. The van der Waals surface area contributed by atoms with Gasteiger partial charge in [-0.25, -0.2) is 0 Å². The van der Waals surface area contributed by atoms with Gasteiger partial charge in [-0.3, -0.25) is 4.90 Å². The minimum absolute atomic E-state index is 0.00294. The Hall–Kier alpha value is -0.590. The van der Waals surface area contributed by atoms with Crippen molar-refractivity contribution in [3.63, 3.8) is 0 Å². The van der Waals surface area contributed by atoms with E-state index in [1.807, 2.05) is 18.7 Å². The Labute approximate surface area is 73.6 Å². The molecule has 12 heavy (non-hydrogen) atoms. The van der Waals surface area contributed by atoms with Crippen LogP contribution in [0.25, 0.3) is 0 Å². The first-order valence-electron chi connectivity index (χ1n) is 4.51. The van der Waals surface area contributed by atoms with Gasteiger partial charge in [-0.2, -0.15) is 5.26 Å². The van der Waals surface area contributed by atoms with Gasteiger partial charge in [-0.15, -0.1) is 0 Å². The zero-order valence-corrected chi connectivity index (χ0v) is 7.75. The molecule has 0 aromatic carbocycles. The zero-order chi connectivity index (χ0) is 9.19. The summed E-state index contributed by atoms with van der Waals surface area (Å²) in [6, 6.07) is 2.23. The lowest BCUT2D eigenvalue weighted by Gasteiger charge is -2.48. The van der Waals surface area contributed by atoms with Crippen LogP contribution in [0.15, 0.2) is 0 Å². The van der Waals surface area contributed by atoms with Crippen LogP contribution in [0.2, 0.25) is 0 Å². The van der Waals surface area contributed by atoms with Crippen molar-refractivity contribution in [3.05, 3.63) is 0 Å². The maximum atomic E-state index is 9.68. The second-order valence-corrected chi connectivity index (χ2v) is 3.54. The first kappa shape index (κ1) is 9.50. The molecular formula is C9H16N2O. The highest BCUT2D eigenvalue weighted by Gasteiger charge is 2.42. The zero-order valence-electron chi connectivity index (χ0n) is 7.75. The highest BCUT2D eigenvalue weighted by molar-refractivity contribution is 5.03. The number of β-amino-alcohol motifs (C(OH)–C–C–N with tert-alkyl or cyclic N) is 1. The molecule has 68 valence electrons. The van der Waals surface area contributed by atoms with Gasteiger partial charge in [0.05, 0.1) is 17.7 Å². The van der Waals surface area contributed by atoms with Crippen molar-refractivity contribution in [2.45, 2.75) is 38.3 Å². The number of rotatable bonds is 3. The Morgan fingerprint density at radius 3 is 2.50 bits per heavy atom. The van der Waals surface area contributed by atoms with Crippen molar-refractivity contribution in [1.29, 1.82) is 5.26 Å². The van der Waals surface area contributed by atoms with E-state index in [1.165, 1.54) is 0 Å². The average Bonchev–Trinajstić information content (AvgIpc) is 2.03. The van der Waals surface area contributed by atoms with Crippen LogP contribution in [-0.4, -0.2) is 34.7 Å². The molecular weight excluding hydrogens is 152 g/mol. The van der Waals surface area contributed by atoms with Crippen LogP contribution in [0.4, 0.5) is 0 Å².